The standard InChI is InChI=1S/C25H22N4O3S/c26-22-18-10-16-13-29(12-15-4-2-1-3-5-15)9-8-19(16)28-25(18)33-23(22)24(30)27-17-6-7-20-21(11-17)32-14-31-20/h1-7,10-11H,8-9,12-14,26H2,(H,27,30). The predicted molar refractivity (Wildman–Crippen MR) is 129 cm³/mol. The zero-order valence-corrected chi connectivity index (χ0v) is 18.7. The number of ether oxygens (including phenoxy) is 2. The number of thiophene rings is 1. The highest BCUT2D eigenvalue weighted by Crippen LogP contribution is 2.37. The van der Waals surface area contributed by atoms with Crippen LogP contribution in [0, 0.1) is 0 Å². The maximum absolute atomic E-state index is 13.0. The minimum absolute atomic E-state index is 0.190. The second kappa shape index (κ2) is 8.06. The molecule has 0 spiro atoms. The number of nitrogen functional groups attached to an aromatic ring is 1. The third-order valence-electron chi connectivity index (χ3n) is 6.03. The third-order valence-corrected chi connectivity index (χ3v) is 7.15. The zero-order chi connectivity index (χ0) is 22.4. The normalized spacial score (nSPS) is 14.9. The van der Waals surface area contributed by atoms with Crippen molar-refractivity contribution in [1.82, 2.24) is 9.88 Å². The van der Waals surface area contributed by atoms with Crippen LogP contribution in [0.4, 0.5) is 11.4 Å². The average molecular weight is 459 g/mol. The van der Waals surface area contributed by atoms with Crippen LogP contribution in [-0.4, -0.2) is 29.1 Å². The number of amides is 1. The molecule has 7 nitrogen and oxygen atoms in total. The number of nitrogens with one attached hydrogen (secondary N) is 1. The lowest BCUT2D eigenvalue weighted by Crippen LogP contribution is -2.30. The minimum Gasteiger partial charge on any atom is -0.454 e. The van der Waals surface area contributed by atoms with Gasteiger partial charge in [0.2, 0.25) is 6.79 Å². The van der Waals surface area contributed by atoms with E-state index in [1.165, 1.54) is 22.5 Å². The van der Waals surface area contributed by atoms with Gasteiger partial charge >= 0.3 is 0 Å². The van der Waals surface area contributed by atoms with Gasteiger partial charge in [0.25, 0.3) is 5.91 Å². The maximum atomic E-state index is 13.0. The van der Waals surface area contributed by atoms with E-state index in [9.17, 15) is 4.79 Å². The summed E-state index contributed by atoms with van der Waals surface area (Å²) in [6, 6.07) is 17.9. The van der Waals surface area contributed by atoms with E-state index in [2.05, 4.69) is 40.5 Å². The van der Waals surface area contributed by atoms with Crippen LogP contribution < -0.4 is 20.5 Å². The summed E-state index contributed by atoms with van der Waals surface area (Å²) < 4.78 is 10.7. The second-order valence-electron chi connectivity index (χ2n) is 8.26. The van der Waals surface area contributed by atoms with Gasteiger partial charge in [-0.25, -0.2) is 4.98 Å². The number of pyridine rings is 1. The fourth-order valence-corrected chi connectivity index (χ4v) is 5.35. The molecule has 0 bridgehead atoms. The number of fused-ring (bicyclic) bond motifs is 3. The van der Waals surface area contributed by atoms with Crippen LogP contribution >= 0.6 is 11.3 Å². The summed E-state index contributed by atoms with van der Waals surface area (Å²) in [6.07, 6.45) is 0.884. The van der Waals surface area contributed by atoms with Crippen molar-refractivity contribution in [3.8, 4) is 11.5 Å². The van der Waals surface area contributed by atoms with Gasteiger partial charge in [-0.1, -0.05) is 30.3 Å². The van der Waals surface area contributed by atoms with Gasteiger partial charge in [-0.2, -0.15) is 0 Å². The summed E-state index contributed by atoms with van der Waals surface area (Å²) in [5.74, 6) is 1.04. The SMILES string of the molecule is Nc1c(C(=O)Nc2ccc3c(c2)OCO3)sc2nc3c(cc12)CN(Cc1ccccc1)CC3. The van der Waals surface area contributed by atoms with Crippen LogP contribution in [0.5, 0.6) is 11.5 Å². The molecule has 2 aliphatic rings. The van der Waals surface area contributed by atoms with Gasteiger partial charge in [0.05, 0.1) is 5.69 Å². The number of aromatic nitrogens is 1. The molecule has 8 heteroatoms. The summed E-state index contributed by atoms with van der Waals surface area (Å²) in [4.78, 5) is 21.6. The number of nitrogens with two attached hydrogens (primary N) is 1. The zero-order valence-electron chi connectivity index (χ0n) is 17.8. The maximum Gasteiger partial charge on any atom is 0.267 e. The van der Waals surface area contributed by atoms with E-state index in [4.69, 9.17) is 20.2 Å². The van der Waals surface area contributed by atoms with Crippen molar-refractivity contribution in [3.05, 3.63) is 76.3 Å². The van der Waals surface area contributed by atoms with Crippen LogP contribution in [0.2, 0.25) is 0 Å². The fraction of sp³-hybridized carbons (Fsp3) is 0.200. The minimum atomic E-state index is -0.252. The lowest BCUT2D eigenvalue weighted by Gasteiger charge is -2.28. The number of benzene rings is 2. The van der Waals surface area contributed by atoms with Crippen LogP contribution in [0.3, 0.4) is 0 Å². The topological polar surface area (TPSA) is 89.7 Å². The van der Waals surface area contributed by atoms with Gasteiger partial charge in [-0.15, -0.1) is 11.3 Å². The van der Waals surface area contributed by atoms with Crippen molar-refractivity contribution in [1.29, 1.82) is 0 Å². The molecule has 0 unspecified atom stereocenters. The molecule has 3 N–H and O–H groups in total. The molecule has 4 aromatic rings. The van der Waals surface area contributed by atoms with Gasteiger partial charge in [-0.05, 0) is 29.3 Å². The predicted octanol–water partition coefficient (Wildman–Crippen LogP) is 4.42. The highest BCUT2D eigenvalue weighted by atomic mass is 32.1. The second-order valence-corrected chi connectivity index (χ2v) is 9.26. The number of carbonyl (C=O) groups excluding carboxylic acids is 1. The van der Waals surface area contributed by atoms with Gasteiger partial charge < -0.3 is 20.5 Å². The molecule has 2 aromatic heterocycles. The first-order valence-corrected chi connectivity index (χ1v) is 11.6. The number of rotatable bonds is 4. The van der Waals surface area contributed by atoms with Crippen molar-refractivity contribution in [2.24, 2.45) is 0 Å². The van der Waals surface area contributed by atoms with Crippen molar-refractivity contribution < 1.29 is 14.3 Å². The number of anilines is 2. The van der Waals surface area contributed by atoms with E-state index < -0.39 is 0 Å². The number of hydrogen-bond acceptors (Lipinski definition) is 7. The molecule has 0 saturated heterocycles. The Morgan fingerprint density at radius 2 is 1.97 bits per heavy atom. The summed E-state index contributed by atoms with van der Waals surface area (Å²) in [5, 5.41) is 3.76. The van der Waals surface area contributed by atoms with Crippen LogP contribution in [0.25, 0.3) is 10.2 Å². The fourth-order valence-electron chi connectivity index (χ4n) is 4.36. The van der Waals surface area contributed by atoms with Gasteiger partial charge in [0, 0.05) is 48.9 Å². The molecular formula is C25H22N4O3S. The van der Waals surface area contributed by atoms with Crippen molar-refractivity contribution in [3.63, 3.8) is 0 Å². The number of carbonyl (C=O) groups is 1. The largest absolute Gasteiger partial charge is 0.454 e. The number of hydrogen-bond donors (Lipinski definition) is 2. The summed E-state index contributed by atoms with van der Waals surface area (Å²) in [7, 11) is 0. The molecule has 2 aliphatic heterocycles. The van der Waals surface area contributed by atoms with Crippen molar-refractivity contribution in [2.45, 2.75) is 19.5 Å². The Bertz CT molecular complexity index is 1370. The molecule has 166 valence electrons. The smallest absolute Gasteiger partial charge is 0.267 e. The van der Waals surface area contributed by atoms with Crippen molar-refractivity contribution in [2.75, 3.05) is 24.4 Å². The Hall–Kier alpha value is -3.62. The first-order valence-electron chi connectivity index (χ1n) is 10.8. The van der Waals surface area contributed by atoms with Gasteiger partial charge in [0.15, 0.2) is 11.5 Å². The Balaban J connectivity index is 1.24. The van der Waals surface area contributed by atoms with Crippen LogP contribution in [-0.2, 0) is 19.5 Å². The van der Waals surface area contributed by atoms with Crippen LogP contribution in [0.15, 0.2) is 54.6 Å². The Morgan fingerprint density at radius 1 is 1.12 bits per heavy atom. The molecule has 0 radical (unpaired) electrons. The molecular weight excluding hydrogens is 436 g/mol. The quantitative estimate of drug-likeness (QED) is 0.471. The van der Waals surface area contributed by atoms with Gasteiger partial charge in [-0.3, -0.25) is 9.69 Å². The molecule has 0 atom stereocenters. The van der Waals surface area contributed by atoms with Crippen LogP contribution in [0.1, 0.15) is 26.5 Å². The molecule has 0 aliphatic carbocycles. The molecule has 0 saturated carbocycles. The van der Waals surface area contributed by atoms with Crippen molar-refractivity contribution >= 4 is 38.8 Å². The summed E-state index contributed by atoms with van der Waals surface area (Å²) in [6.45, 7) is 2.87. The Kier molecular flexibility index (Phi) is 4.89. The Labute approximate surface area is 194 Å². The molecule has 4 heterocycles. The molecule has 2 aromatic carbocycles. The monoisotopic (exact) mass is 458 g/mol. The van der Waals surface area contributed by atoms with E-state index >= 15 is 0 Å². The highest BCUT2D eigenvalue weighted by Gasteiger charge is 2.23. The summed E-state index contributed by atoms with van der Waals surface area (Å²) >= 11 is 1.34. The van der Waals surface area contributed by atoms with E-state index in [0.717, 1.165) is 42.0 Å². The molecule has 0 fully saturated rings. The molecule has 6 rings (SSSR count). The first kappa shape index (κ1) is 20.0. The Morgan fingerprint density at radius 3 is 2.85 bits per heavy atom. The van der Waals surface area contributed by atoms with E-state index in [1.807, 2.05) is 6.07 Å². The highest BCUT2D eigenvalue weighted by molar-refractivity contribution is 7.21. The lowest BCUT2D eigenvalue weighted by molar-refractivity contribution is 0.103. The lowest BCUT2D eigenvalue weighted by atomic mass is 10.0. The van der Waals surface area contributed by atoms with Gasteiger partial charge in [0.1, 0.15) is 9.71 Å². The summed E-state index contributed by atoms with van der Waals surface area (Å²) in [5.41, 5.74) is 11.1. The number of nitrogens with zero attached hydrogens (tertiary/aromatic N) is 2. The van der Waals surface area contributed by atoms with E-state index in [-0.39, 0.29) is 12.7 Å². The van der Waals surface area contributed by atoms with E-state index in [0.29, 0.717) is 27.8 Å². The average Bonchev–Trinajstić information content (AvgIpc) is 3.42. The first-order chi connectivity index (χ1) is 16.1. The molecule has 1 amide bonds. The third kappa shape index (κ3) is 3.77. The van der Waals surface area contributed by atoms with E-state index in [1.54, 1.807) is 18.2 Å². The molecule has 33 heavy (non-hydrogen) atoms.